The van der Waals surface area contributed by atoms with E-state index in [1.807, 2.05) is 0 Å². The van der Waals surface area contributed by atoms with Crippen molar-refractivity contribution in [3.05, 3.63) is 6.92 Å². The van der Waals surface area contributed by atoms with Crippen LogP contribution >= 0.6 is 0 Å². The van der Waals surface area contributed by atoms with Crippen molar-refractivity contribution >= 4 is 5.97 Å². The van der Waals surface area contributed by atoms with Crippen LogP contribution in [0.25, 0.3) is 0 Å². The van der Waals surface area contributed by atoms with Gasteiger partial charge in [-0.15, -0.1) is 0 Å². The third kappa shape index (κ3) is 2.19. The van der Waals surface area contributed by atoms with Gasteiger partial charge in [-0.3, -0.25) is 4.79 Å². The first kappa shape index (κ1) is 8.53. The van der Waals surface area contributed by atoms with E-state index in [2.05, 4.69) is 11.8 Å². The summed E-state index contributed by atoms with van der Waals surface area (Å²) in [7, 11) is 0. The maximum absolute atomic E-state index is 10.6. The third-order valence-electron chi connectivity index (χ3n) is 2.17. The van der Waals surface area contributed by atoms with E-state index in [0.717, 1.165) is 25.9 Å². The highest BCUT2D eigenvalue weighted by molar-refractivity contribution is 5.70. The lowest BCUT2D eigenvalue weighted by Crippen LogP contribution is -2.38. The number of aliphatic carboxylic acids is 1. The van der Waals surface area contributed by atoms with E-state index in [1.165, 1.54) is 0 Å². The normalized spacial score (nSPS) is 26.8. The van der Waals surface area contributed by atoms with Gasteiger partial charge in [0.15, 0.2) is 0 Å². The second kappa shape index (κ2) is 3.72. The van der Waals surface area contributed by atoms with Gasteiger partial charge in [-0.25, -0.2) is 0 Å². The van der Waals surface area contributed by atoms with Crippen molar-refractivity contribution in [2.24, 2.45) is 5.92 Å². The SMILES string of the molecule is [CH2]CN1CCCC(C(=O)O)C1. The van der Waals surface area contributed by atoms with Gasteiger partial charge in [-0.2, -0.15) is 0 Å². The zero-order valence-corrected chi connectivity index (χ0v) is 6.62. The second-order valence-corrected chi connectivity index (χ2v) is 2.98. The van der Waals surface area contributed by atoms with E-state index in [4.69, 9.17) is 5.11 Å². The highest BCUT2D eigenvalue weighted by Gasteiger charge is 2.23. The number of likely N-dealkylation sites (tertiary alicyclic amines) is 1. The number of carbonyl (C=O) groups is 1. The molecule has 0 spiro atoms. The minimum absolute atomic E-state index is 0.162. The van der Waals surface area contributed by atoms with Crippen LogP contribution in [0.15, 0.2) is 0 Å². The molecule has 3 nitrogen and oxygen atoms in total. The molecule has 0 saturated carbocycles. The minimum atomic E-state index is -0.664. The van der Waals surface area contributed by atoms with Gasteiger partial charge in [0.2, 0.25) is 0 Å². The molecule has 0 aromatic heterocycles. The minimum Gasteiger partial charge on any atom is -0.481 e. The van der Waals surface area contributed by atoms with Crippen LogP contribution in [0.5, 0.6) is 0 Å². The van der Waals surface area contributed by atoms with Gasteiger partial charge in [-0.1, -0.05) is 0 Å². The fourth-order valence-corrected chi connectivity index (χ4v) is 1.46. The number of carboxylic acid groups (broad SMARTS) is 1. The molecule has 1 aliphatic rings. The van der Waals surface area contributed by atoms with Gasteiger partial charge in [0.1, 0.15) is 0 Å². The van der Waals surface area contributed by atoms with E-state index >= 15 is 0 Å². The van der Waals surface area contributed by atoms with E-state index in [-0.39, 0.29) is 5.92 Å². The molecular formula is C8H14NO2. The highest BCUT2D eigenvalue weighted by atomic mass is 16.4. The van der Waals surface area contributed by atoms with Gasteiger partial charge >= 0.3 is 5.97 Å². The maximum Gasteiger partial charge on any atom is 0.307 e. The molecule has 0 amide bonds. The zero-order chi connectivity index (χ0) is 8.27. The lowest BCUT2D eigenvalue weighted by molar-refractivity contribution is -0.143. The molecule has 1 rings (SSSR count). The topological polar surface area (TPSA) is 40.5 Å². The van der Waals surface area contributed by atoms with Crippen LogP contribution in [-0.2, 0) is 4.79 Å². The third-order valence-corrected chi connectivity index (χ3v) is 2.17. The molecule has 1 heterocycles. The second-order valence-electron chi connectivity index (χ2n) is 2.98. The Morgan fingerprint density at radius 3 is 3.00 bits per heavy atom. The van der Waals surface area contributed by atoms with Crippen molar-refractivity contribution in [1.82, 2.24) is 4.90 Å². The average Bonchev–Trinajstić information content (AvgIpc) is 2.05. The summed E-state index contributed by atoms with van der Waals surface area (Å²) < 4.78 is 0. The first-order chi connectivity index (χ1) is 5.24. The molecule has 3 heteroatoms. The average molecular weight is 156 g/mol. The lowest BCUT2D eigenvalue weighted by atomic mass is 9.98. The van der Waals surface area contributed by atoms with Crippen LogP contribution in [0, 0.1) is 12.8 Å². The molecule has 63 valence electrons. The predicted octanol–water partition coefficient (Wildman–Crippen LogP) is 0.617. The summed E-state index contributed by atoms with van der Waals surface area (Å²) in [5.74, 6) is -0.825. The van der Waals surface area contributed by atoms with Crippen LogP contribution in [0.3, 0.4) is 0 Å². The van der Waals surface area contributed by atoms with Crippen molar-refractivity contribution in [2.75, 3.05) is 19.6 Å². The number of rotatable bonds is 2. The van der Waals surface area contributed by atoms with Gasteiger partial charge in [0, 0.05) is 6.54 Å². The van der Waals surface area contributed by atoms with Crippen LogP contribution < -0.4 is 0 Å². The number of hydrogen-bond donors (Lipinski definition) is 1. The highest BCUT2D eigenvalue weighted by Crippen LogP contribution is 2.15. The van der Waals surface area contributed by atoms with E-state index in [9.17, 15) is 4.79 Å². The Kier molecular flexibility index (Phi) is 2.88. The summed E-state index contributed by atoms with van der Waals surface area (Å²) in [6, 6.07) is 0. The van der Waals surface area contributed by atoms with Crippen LogP contribution in [0.4, 0.5) is 0 Å². The van der Waals surface area contributed by atoms with Gasteiger partial charge in [0.05, 0.1) is 5.92 Å². The molecule has 1 unspecified atom stereocenters. The van der Waals surface area contributed by atoms with E-state index < -0.39 is 5.97 Å². The van der Waals surface area contributed by atoms with Crippen LogP contribution in [0.1, 0.15) is 12.8 Å². The standard InChI is InChI=1S/C8H14NO2/c1-2-9-5-3-4-7(6-9)8(10)11/h7H,1-6H2,(H,10,11). The first-order valence-corrected chi connectivity index (χ1v) is 3.98. The van der Waals surface area contributed by atoms with E-state index in [1.54, 1.807) is 0 Å². The summed E-state index contributed by atoms with van der Waals surface area (Å²) in [5, 5.41) is 8.70. The Balaban J connectivity index is 2.39. The maximum atomic E-state index is 10.6. The molecule has 0 aromatic rings. The molecule has 1 saturated heterocycles. The summed E-state index contributed by atoms with van der Waals surface area (Å²) in [4.78, 5) is 12.7. The fraction of sp³-hybridized carbons (Fsp3) is 0.750. The quantitative estimate of drug-likeness (QED) is 0.637. The molecular weight excluding hydrogens is 142 g/mol. The zero-order valence-electron chi connectivity index (χ0n) is 6.62. The first-order valence-electron chi connectivity index (χ1n) is 3.98. The molecule has 0 aromatic carbocycles. The molecule has 0 aliphatic carbocycles. The molecule has 1 N–H and O–H groups in total. The van der Waals surface area contributed by atoms with Crippen molar-refractivity contribution in [3.8, 4) is 0 Å². The summed E-state index contributed by atoms with van der Waals surface area (Å²) in [5.41, 5.74) is 0. The Morgan fingerprint density at radius 1 is 1.73 bits per heavy atom. The van der Waals surface area contributed by atoms with Gasteiger partial charge < -0.3 is 10.0 Å². The smallest absolute Gasteiger partial charge is 0.307 e. The fourth-order valence-electron chi connectivity index (χ4n) is 1.46. The Hall–Kier alpha value is -0.570. The molecule has 1 fully saturated rings. The summed E-state index contributed by atoms with van der Waals surface area (Å²) in [6.45, 7) is 6.15. The van der Waals surface area contributed by atoms with Crippen molar-refractivity contribution in [1.29, 1.82) is 0 Å². The van der Waals surface area contributed by atoms with Gasteiger partial charge in [-0.05, 0) is 32.9 Å². The monoisotopic (exact) mass is 156 g/mol. The predicted molar refractivity (Wildman–Crippen MR) is 42.2 cm³/mol. The molecule has 0 bridgehead atoms. The Bertz CT molecular complexity index is 147. The van der Waals surface area contributed by atoms with E-state index in [0.29, 0.717) is 6.54 Å². The molecule has 1 aliphatic heterocycles. The summed E-state index contributed by atoms with van der Waals surface area (Å²) in [6.07, 6.45) is 1.82. The van der Waals surface area contributed by atoms with Crippen LogP contribution in [0.2, 0.25) is 0 Å². The Morgan fingerprint density at radius 2 is 2.45 bits per heavy atom. The lowest BCUT2D eigenvalue weighted by Gasteiger charge is -2.29. The van der Waals surface area contributed by atoms with Gasteiger partial charge in [0.25, 0.3) is 0 Å². The van der Waals surface area contributed by atoms with Crippen molar-refractivity contribution < 1.29 is 9.90 Å². The number of nitrogens with zero attached hydrogens (tertiary/aromatic N) is 1. The van der Waals surface area contributed by atoms with Crippen molar-refractivity contribution in [3.63, 3.8) is 0 Å². The summed E-state index contributed by atoms with van der Waals surface area (Å²) >= 11 is 0. The van der Waals surface area contributed by atoms with Crippen molar-refractivity contribution in [2.45, 2.75) is 12.8 Å². The largest absolute Gasteiger partial charge is 0.481 e. The molecule has 1 atom stereocenters. The number of carboxylic acids is 1. The Labute approximate surface area is 67.0 Å². The molecule has 1 radical (unpaired) electrons. The number of piperidine rings is 1. The molecule has 11 heavy (non-hydrogen) atoms. The number of hydrogen-bond acceptors (Lipinski definition) is 2. The van der Waals surface area contributed by atoms with Crippen LogP contribution in [-0.4, -0.2) is 35.6 Å².